The van der Waals surface area contributed by atoms with Crippen molar-refractivity contribution in [3.8, 4) is 0 Å². The molecule has 20 heavy (non-hydrogen) atoms. The molecule has 1 amide bonds. The van der Waals surface area contributed by atoms with Crippen LogP contribution in [0.4, 0.5) is 13.2 Å². The Balaban J connectivity index is 1.92. The average molecular weight is 286 g/mol. The summed E-state index contributed by atoms with van der Waals surface area (Å²) in [6, 6.07) is 1.79. The van der Waals surface area contributed by atoms with Crippen LogP contribution in [0.15, 0.2) is 12.1 Å². The molecule has 0 radical (unpaired) electrons. The number of nitrogens with one attached hydrogen (secondary N) is 2. The molecule has 1 aromatic rings. The highest BCUT2D eigenvalue weighted by Gasteiger charge is 2.19. The highest BCUT2D eigenvalue weighted by molar-refractivity contribution is 5.78. The van der Waals surface area contributed by atoms with E-state index in [0.29, 0.717) is 0 Å². The second-order valence-corrected chi connectivity index (χ2v) is 4.97. The van der Waals surface area contributed by atoms with Crippen LogP contribution in [-0.4, -0.2) is 19.0 Å². The first-order valence-corrected chi connectivity index (χ1v) is 6.70. The molecular formula is C14H17F3N2O. The summed E-state index contributed by atoms with van der Waals surface area (Å²) in [5.41, 5.74) is 0.210. The SMILES string of the molecule is O=C(NCc1cc(F)c(F)c(F)c1)C1CCCNCC1. The summed E-state index contributed by atoms with van der Waals surface area (Å²) in [4.78, 5) is 12.0. The summed E-state index contributed by atoms with van der Waals surface area (Å²) in [6.45, 7) is 1.69. The van der Waals surface area contributed by atoms with Gasteiger partial charge in [-0.1, -0.05) is 0 Å². The highest BCUT2D eigenvalue weighted by atomic mass is 19.2. The zero-order chi connectivity index (χ0) is 14.5. The van der Waals surface area contributed by atoms with Crippen molar-refractivity contribution in [3.05, 3.63) is 35.1 Å². The largest absolute Gasteiger partial charge is 0.352 e. The van der Waals surface area contributed by atoms with Gasteiger partial charge in [0.1, 0.15) is 0 Å². The van der Waals surface area contributed by atoms with E-state index in [1.54, 1.807) is 0 Å². The van der Waals surface area contributed by atoms with Crippen molar-refractivity contribution in [1.82, 2.24) is 10.6 Å². The van der Waals surface area contributed by atoms with Crippen molar-refractivity contribution in [2.75, 3.05) is 13.1 Å². The van der Waals surface area contributed by atoms with E-state index in [0.717, 1.165) is 44.5 Å². The third-order valence-electron chi connectivity index (χ3n) is 3.46. The molecule has 1 aromatic carbocycles. The number of halogens is 3. The Morgan fingerprint density at radius 3 is 2.60 bits per heavy atom. The first kappa shape index (κ1) is 14.8. The van der Waals surface area contributed by atoms with E-state index in [-0.39, 0.29) is 23.9 Å². The van der Waals surface area contributed by atoms with Gasteiger partial charge < -0.3 is 10.6 Å². The second-order valence-electron chi connectivity index (χ2n) is 4.97. The molecule has 3 nitrogen and oxygen atoms in total. The Bertz CT molecular complexity index is 462. The van der Waals surface area contributed by atoms with Crippen LogP contribution in [-0.2, 0) is 11.3 Å². The lowest BCUT2D eigenvalue weighted by atomic mass is 10.00. The Labute approximate surface area is 115 Å². The monoisotopic (exact) mass is 286 g/mol. The Morgan fingerprint density at radius 2 is 1.90 bits per heavy atom. The van der Waals surface area contributed by atoms with Gasteiger partial charge >= 0.3 is 0 Å². The quantitative estimate of drug-likeness (QED) is 0.836. The normalized spacial score (nSPS) is 19.4. The van der Waals surface area contributed by atoms with Crippen LogP contribution in [0.2, 0.25) is 0 Å². The zero-order valence-electron chi connectivity index (χ0n) is 11.0. The first-order chi connectivity index (χ1) is 9.58. The minimum Gasteiger partial charge on any atom is -0.352 e. The Hall–Kier alpha value is -1.56. The standard InChI is InChI=1S/C14H17F3N2O/c15-11-6-9(7-12(16)13(11)17)8-19-14(20)10-2-1-4-18-5-3-10/h6-7,10,18H,1-5,8H2,(H,19,20). The molecular weight excluding hydrogens is 269 g/mol. The molecule has 1 saturated heterocycles. The minimum atomic E-state index is -1.49. The number of benzene rings is 1. The van der Waals surface area contributed by atoms with Crippen molar-refractivity contribution in [1.29, 1.82) is 0 Å². The molecule has 0 bridgehead atoms. The fraction of sp³-hybridized carbons (Fsp3) is 0.500. The zero-order valence-corrected chi connectivity index (χ0v) is 11.0. The molecule has 0 saturated carbocycles. The van der Waals surface area contributed by atoms with Gasteiger partial charge in [0, 0.05) is 12.5 Å². The lowest BCUT2D eigenvalue weighted by Crippen LogP contribution is -2.31. The van der Waals surface area contributed by atoms with Crippen molar-refractivity contribution in [2.45, 2.75) is 25.8 Å². The molecule has 0 spiro atoms. The minimum absolute atomic E-state index is 0.00309. The summed E-state index contributed by atoms with van der Waals surface area (Å²) < 4.78 is 38.9. The van der Waals surface area contributed by atoms with E-state index in [9.17, 15) is 18.0 Å². The van der Waals surface area contributed by atoms with Crippen molar-refractivity contribution in [2.24, 2.45) is 5.92 Å². The van der Waals surface area contributed by atoms with E-state index in [1.807, 2.05) is 0 Å². The van der Waals surface area contributed by atoms with Crippen LogP contribution in [0, 0.1) is 23.4 Å². The summed E-state index contributed by atoms with van der Waals surface area (Å²) in [5.74, 6) is -4.19. The molecule has 1 fully saturated rings. The van der Waals surface area contributed by atoms with Crippen LogP contribution in [0.5, 0.6) is 0 Å². The van der Waals surface area contributed by atoms with Gasteiger partial charge in [0.15, 0.2) is 17.5 Å². The van der Waals surface area contributed by atoms with Crippen LogP contribution in [0.25, 0.3) is 0 Å². The van der Waals surface area contributed by atoms with Gasteiger partial charge in [0.25, 0.3) is 0 Å². The van der Waals surface area contributed by atoms with Gasteiger partial charge in [-0.3, -0.25) is 4.79 Å². The van der Waals surface area contributed by atoms with Crippen LogP contribution in [0.3, 0.4) is 0 Å². The van der Waals surface area contributed by atoms with Gasteiger partial charge in [-0.2, -0.15) is 0 Å². The van der Waals surface area contributed by atoms with E-state index in [2.05, 4.69) is 10.6 Å². The lowest BCUT2D eigenvalue weighted by Gasteiger charge is -2.14. The smallest absolute Gasteiger partial charge is 0.223 e. The Morgan fingerprint density at radius 1 is 1.20 bits per heavy atom. The number of rotatable bonds is 3. The van der Waals surface area contributed by atoms with E-state index >= 15 is 0 Å². The molecule has 2 N–H and O–H groups in total. The molecule has 1 unspecified atom stereocenters. The number of hydrogen-bond donors (Lipinski definition) is 2. The molecule has 0 aliphatic carbocycles. The molecule has 1 heterocycles. The van der Waals surface area contributed by atoms with Crippen molar-refractivity contribution >= 4 is 5.91 Å². The molecule has 1 aliphatic rings. The van der Waals surface area contributed by atoms with Gasteiger partial charge in [0.05, 0.1) is 0 Å². The number of carbonyl (C=O) groups is 1. The third kappa shape index (κ3) is 3.72. The molecule has 1 aliphatic heterocycles. The molecule has 110 valence electrons. The maximum atomic E-state index is 13.0. The van der Waals surface area contributed by atoms with Crippen molar-refractivity contribution < 1.29 is 18.0 Å². The summed E-state index contributed by atoms with van der Waals surface area (Å²) >= 11 is 0. The highest BCUT2D eigenvalue weighted by Crippen LogP contribution is 2.15. The number of hydrogen-bond acceptors (Lipinski definition) is 2. The van der Waals surface area contributed by atoms with Crippen molar-refractivity contribution in [3.63, 3.8) is 0 Å². The summed E-state index contributed by atoms with van der Waals surface area (Å²) in [6.07, 6.45) is 2.47. The van der Waals surface area contributed by atoms with E-state index < -0.39 is 17.5 Å². The maximum Gasteiger partial charge on any atom is 0.223 e. The number of carbonyl (C=O) groups excluding carboxylic acids is 1. The van der Waals surface area contributed by atoms with Gasteiger partial charge in [-0.15, -0.1) is 0 Å². The number of amides is 1. The topological polar surface area (TPSA) is 41.1 Å². The average Bonchev–Trinajstić information content (AvgIpc) is 2.71. The molecule has 2 rings (SSSR count). The maximum absolute atomic E-state index is 13.0. The predicted molar refractivity (Wildman–Crippen MR) is 68.4 cm³/mol. The van der Waals surface area contributed by atoms with Gasteiger partial charge in [-0.05, 0) is 50.0 Å². The second kappa shape index (κ2) is 6.74. The summed E-state index contributed by atoms with van der Waals surface area (Å²) in [7, 11) is 0. The Kier molecular flexibility index (Phi) is 5.00. The molecule has 0 aromatic heterocycles. The fourth-order valence-electron chi connectivity index (χ4n) is 2.32. The third-order valence-corrected chi connectivity index (χ3v) is 3.46. The predicted octanol–water partition coefficient (Wildman–Crippen LogP) is 2.11. The fourth-order valence-corrected chi connectivity index (χ4v) is 2.32. The van der Waals surface area contributed by atoms with Crippen LogP contribution >= 0.6 is 0 Å². The molecule has 1 atom stereocenters. The first-order valence-electron chi connectivity index (χ1n) is 6.70. The summed E-state index contributed by atoms with van der Waals surface area (Å²) in [5, 5.41) is 5.85. The van der Waals surface area contributed by atoms with E-state index in [1.165, 1.54) is 0 Å². The van der Waals surface area contributed by atoms with Crippen LogP contribution in [0.1, 0.15) is 24.8 Å². The van der Waals surface area contributed by atoms with Gasteiger partial charge in [0.2, 0.25) is 5.91 Å². The molecule has 6 heteroatoms. The lowest BCUT2D eigenvalue weighted by molar-refractivity contribution is -0.125. The van der Waals surface area contributed by atoms with Gasteiger partial charge in [-0.25, -0.2) is 13.2 Å². The van der Waals surface area contributed by atoms with E-state index in [4.69, 9.17) is 0 Å². The van der Waals surface area contributed by atoms with Crippen LogP contribution < -0.4 is 10.6 Å².